The van der Waals surface area contributed by atoms with Crippen LogP contribution in [0, 0.1) is 28.5 Å². The molecular weight excluding hydrogens is 321 g/mol. The second-order valence-corrected chi connectivity index (χ2v) is 5.23. The van der Waals surface area contributed by atoms with Crippen LogP contribution in [-0.2, 0) is 0 Å². The van der Waals surface area contributed by atoms with E-state index in [-0.39, 0.29) is 22.6 Å². The minimum Gasteiger partial charge on any atom is -0.456 e. The summed E-state index contributed by atoms with van der Waals surface area (Å²) >= 11 is 0. The first-order valence-electron chi connectivity index (χ1n) is 7.27. The van der Waals surface area contributed by atoms with E-state index in [0.717, 1.165) is 0 Å². The van der Waals surface area contributed by atoms with Crippen molar-refractivity contribution >= 4 is 17.0 Å². The van der Waals surface area contributed by atoms with E-state index in [9.17, 15) is 14.9 Å². The fraction of sp³-hybridized carbons (Fsp3) is 0.0556. The smallest absolute Gasteiger partial charge is 0.163 e. The summed E-state index contributed by atoms with van der Waals surface area (Å²) < 4.78 is 19.6. The molecule has 122 valence electrons. The number of hydrogen-bond acceptors (Lipinski definition) is 5. The molecule has 0 amide bonds. The van der Waals surface area contributed by atoms with E-state index in [4.69, 9.17) is 10.2 Å². The van der Waals surface area contributed by atoms with Crippen molar-refractivity contribution in [2.45, 2.75) is 6.92 Å². The molecular formula is C18H12FN5O. The molecule has 0 spiro atoms. The van der Waals surface area contributed by atoms with Gasteiger partial charge in [0.05, 0.1) is 16.8 Å². The topological polar surface area (TPSA) is 115 Å². The lowest BCUT2D eigenvalue weighted by molar-refractivity contribution is 0.557. The largest absolute Gasteiger partial charge is 0.456 e. The van der Waals surface area contributed by atoms with E-state index in [1.807, 2.05) is 12.1 Å². The maximum Gasteiger partial charge on any atom is 0.163 e. The first-order valence-corrected chi connectivity index (χ1v) is 7.27. The Kier molecular flexibility index (Phi) is 4.07. The normalized spacial score (nSPS) is 11.5. The molecule has 6 nitrogen and oxygen atoms in total. The van der Waals surface area contributed by atoms with Crippen molar-refractivity contribution in [1.82, 2.24) is 10.2 Å². The van der Waals surface area contributed by atoms with Crippen molar-refractivity contribution in [3.8, 4) is 23.5 Å². The molecule has 2 heterocycles. The van der Waals surface area contributed by atoms with Crippen LogP contribution in [0.5, 0.6) is 0 Å². The van der Waals surface area contributed by atoms with Crippen LogP contribution in [0.25, 0.3) is 22.5 Å². The van der Waals surface area contributed by atoms with Crippen LogP contribution in [0.15, 0.2) is 40.8 Å². The van der Waals surface area contributed by atoms with Crippen LogP contribution in [-0.4, -0.2) is 10.2 Å². The number of nitrogens with two attached hydrogens (primary N) is 1. The number of halogens is 1. The second-order valence-electron chi connectivity index (χ2n) is 5.23. The Balaban J connectivity index is 2.09. The number of H-pyrrole nitrogens is 1. The average molecular weight is 333 g/mol. The van der Waals surface area contributed by atoms with Gasteiger partial charge in [0, 0.05) is 5.57 Å². The lowest BCUT2D eigenvalue weighted by atomic mass is 10.0. The number of anilines is 1. The number of aromatic amines is 1. The lowest BCUT2D eigenvalue weighted by Gasteiger charge is -2.03. The first kappa shape index (κ1) is 16.0. The van der Waals surface area contributed by atoms with Crippen LogP contribution in [0.4, 0.5) is 10.2 Å². The molecule has 0 atom stereocenters. The van der Waals surface area contributed by atoms with Crippen LogP contribution in [0.1, 0.15) is 23.9 Å². The van der Waals surface area contributed by atoms with Crippen molar-refractivity contribution in [1.29, 1.82) is 10.5 Å². The van der Waals surface area contributed by atoms with Gasteiger partial charge in [-0.25, -0.2) is 4.39 Å². The molecule has 0 unspecified atom stereocenters. The maximum absolute atomic E-state index is 13.9. The number of rotatable bonds is 3. The number of nitrogens with zero attached hydrogens (tertiary/aromatic N) is 3. The highest BCUT2D eigenvalue weighted by atomic mass is 19.1. The molecule has 3 N–H and O–H groups in total. The number of allylic oxidation sites excluding steroid dienone is 2. The van der Waals surface area contributed by atoms with Gasteiger partial charge in [-0.2, -0.15) is 15.6 Å². The predicted octanol–water partition coefficient (Wildman–Crippen LogP) is 3.72. The van der Waals surface area contributed by atoms with Gasteiger partial charge in [0.1, 0.15) is 35.0 Å². The molecule has 0 saturated heterocycles. The molecule has 0 aliphatic heterocycles. The number of nitrogen functional groups attached to an aromatic ring is 1. The number of furan rings is 1. The Labute approximate surface area is 142 Å². The molecule has 0 bridgehead atoms. The van der Waals surface area contributed by atoms with E-state index < -0.39 is 5.82 Å². The molecule has 3 aromatic rings. The van der Waals surface area contributed by atoms with Crippen molar-refractivity contribution < 1.29 is 8.81 Å². The fourth-order valence-electron chi connectivity index (χ4n) is 2.45. The number of hydrogen-bond donors (Lipinski definition) is 2. The van der Waals surface area contributed by atoms with Gasteiger partial charge in [0.2, 0.25) is 0 Å². The molecule has 7 heteroatoms. The Bertz CT molecular complexity index is 1060. The second kappa shape index (κ2) is 6.34. The third kappa shape index (κ3) is 2.75. The number of nitrogens with one attached hydrogen (secondary N) is 1. The van der Waals surface area contributed by atoms with Gasteiger partial charge < -0.3 is 10.2 Å². The molecule has 0 saturated carbocycles. The van der Waals surface area contributed by atoms with Crippen molar-refractivity contribution in [3.05, 3.63) is 59.2 Å². The molecule has 1 aromatic carbocycles. The Morgan fingerprint density at radius 3 is 2.68 bits per heavy atom. The van der Waals surface area contributed by atoms with E-state index in [2.05, 4.69) is 10.2 Å². The number of benzene rings is 1. The maximum atomic E-state index is 13.9. The standard InChI is InChI=1S/C18H12FN5O/c1-10(12(8-20)17-13(9-21)18(22)24-23-17)15-6-7-16(25-15)11-4-2-3-5-14(11)19/h2-7H,1H3,(H3,22,23,24). The molecule has 0 radical (unpaired) electrons. The van der Waals surface area contributed by atoms with Crippen LogP contribution >= 0.6 is 0 Å². The third-order valence-corrected chi connectivity index (χ3v) is 3.76. The Morgan fingerprint density at radius 2 is 2.00 bits per heavy atom. The summed E-state index contributed by atoms with van der Waals surface area (Å²) in [6, 6.07) is 13.5. The first-order chi connectivity index (χ1) is 12.1. The van der Waals surface area contributed by atoms with Crippen LogP contribution in [0.3, 0.4) is 0 Å². The highest BCUT2D eigenvalue weighted by Gasteiger charge is 2.19. The van der Waals surface area contributed by atoms with Crippen LogP contribution < -0.4 is 5.73 Å². The molecule has 25 heavy (non-hydrogen) atoms. The van der Waals surface area contributed by atoms with E-state index in [1.54, 1.807) is 37.3 Å². The van der Waals surface area contributed by atoms with Gasteiger partial charge in [-0.05, 0) is 31.2 Å². The molecule has 3 rings (SSSR count). The monoisotopic (exact) mass is 333 g/mol. The molecule has 0 aliphatic rings. The predicted molar refractivity (Wildman–Crippen MR) is 89.9 cm³/mol. The van der Waals surface area contributed by atoms with Crippen LogP contribution in [0.2, 0.25) is 0 Å². The summed E-state index contributed by atoms with van der Waals surface area (Å²) in [6.07, 6.45) is 0. The van der Waals surface area contributed by atoms with Gasteiger partial charge >= 0.3 is 0 Å². The fourth-order valence-corrected chi connectivity index (χ4v) is 2.45. The molecule has 0 aliphatic carbocycles. The lowest BCUT2D eigenvalue weighted by Crippen LogP contribution is -1.92. The van der Waals surface area contributed by atoms with Gasteiger partial charge in [-0.3, -0.25) is 5.10 Å². The summed E-state index contributed by atoms with van der Waals surface area (Å²) in [7, 11) is 0. The number of aromatic nitrogens is 2. The minimum absolute atomic E-state index is 0.0181. The zero-order valence-electron chi connectivity index (χ0n) is 13.2. The Hall–Kier alpha value is -3.84. The SMILES string of the molecule is CC(=C(C#N)c1[nH]nc(N)c1C#N)c1ccc(-c2ccccc2F)o1. The summed E-state index contributed by atoms with van der Waals surface area (Å²) in [5.74, 6) is 0.337. The summed E-state index contributed by atoms with van der Waals surface area (Å²) in [4.78, 5) is 0. The highest BCUT2D eigenvalue weighted by Crippen LogP contribution is 2.32. The van der Waals surface area contributed by atoms with E-state index in [1.165, 1.54) is 6.07 Å². The quantitative estimate of drug-likeness (QED) is 0.709. The van der Waals surface area contributed by atoms with Gasteiger partial charge in [-0.1, -0.05) is 12.1 Å². The summed E-state index contributed by atoms with van der Waals surface area (Å²) in [6.45, 7) is 1.67. The molecule has 2 aromatic heterocycles. The zero-order valence-corrected chi connectivity index (χ0v) is 13.2. The zero-order chi connectivity index (χ0) is 18.0. The Morgan fingerprint density at radius 1 is 1.24 bits per heavy atom. The number of nitriles is 2. The van der Waals surface area contributed by atoms with Crippen molar-refractivity contribution in [2.75, 3.05) is 5.73 Å². The summed E-state index contributed by atoms with van der Waals surface area (Å²) in [5, 5.41) is 25.0. The van der Waals surface area contributed by atoms with E-state index >= 15 is 0 Å². The van der Waals surface area contributed by atoms with Crippen molar-refractivity contribution in [3.63, 3.8) is 0 Å². The third-order valence-electron chi connectivity index (χ3n) is 3.76. The minimum atomic E-state index is -0.404. The van der Waals surface area contributed by atoms with E-state index in [0.29, 0.717) is 22.7 Å². The van der Waals surface area contributed by atoms with Crippen molar-refractivity contribution in [2.24, 2.45) is 0 Å². The summed E-state index contributed by atoms with van der Waals surface area (Å²) in [5.41, 5.74) is 6.91. The van der Waals surface area contributed by atoms with Gasteiger partial charge in [0.15, 0.2) is 5.82 Å². The molecule has 0 fully saturated rings. The highest BCUT2D eigenvalue weighted by molar-refractivity contribution is 5.96. The van der Waals surface area contributed by atoms with Gasteiger partial charge in [0.25, 0.3) is 0 Å². The van der Waals surface area contributed by atoms with Gasteiger partial charge in [-0.15, -0.1) is 0 Å². The average Bonchev–Trinajstić information content (AvgIpc) is 3.23.